The maximum absolute atomic E-state index is 5.76. The molecule has 2 fully saturated rings. The number of nitrogens with zero attached hydrogens (tertiary/aromatic N) is 2. The molecule has 0 saturated carbocycles. The Hall–Kier alpha value is -1.79. The van der Waals surface area contributed by atoms with Crippen LogP contribution in [0.2, 0.25) is 0 Å². The molecule has 2 heterocycles. The first-order chi connectivity index (χ1) is 13.3. The molecule has 27 heavy (non-hydrogen) atoms. The van der Waals surface area contributed by atoms with Crippen LogP contribution in [0, 0.1) is 5.92 Å². The third-order valence-corrected chi connectivity index (χ3v) is 5.24. The van der Waals surface area contributed by atoms with Gasteiger partial charge in [-0.1, -0.05) is 18.2 Å². The number of hydrogen-bond donors (Lipinski definition) is 2. The molecule has 2 aliphatic heterocycles. The first kappa shape index (κ1) is 20.0. The molecule has 0 amide bonds. The van der Waals surface area contributed by atoms with Gasteiger partial charge in [0.25, 0.3) is 0 Å². The molecule has 1 aromatic rings. The molecule has 2 saturated heterocycles. The summed E-state index contributed by atoms with van der Waals surface area (Å²) in [6.45, 7) is 6.36. The lowest BCUT2D eigenvalue weighted by molar-refractivity contribution is 0.0888. The summed E-state index contributed by atoms with van der Waals surface area (Å²) in [5.41, 5.74) is 1.30. The van der Waals surface area contributed by atoms with Crippen molar-refractivity contribution in [1.82, 2.24) is 10.6 Å². The number of piperidine rings is 1. The molecule has 6 heteroatoms. The SMILES string of the molecule is CN=C(NCCCOCC1CCOC1)NC1CCCN(c2ccccc2)C1. The van der Waals surface area contributed by atoms with Gasteiger partial charge in [-0.25, -0.2) is 0 Å². The molecule has 6 nitrogen and oxygen atoms in total. The lowest BCUT2D eigenvalue weighted by Gasteiger charge is -2.35. The third kappa shape index (κ3) is 6.70. The van der Waals surface area contributed by atoms with Gasteiger partial charge in [0.2, 0.25) is 0 Å². The monoisotopic (exact) mass is 374 g/mol. The van der Waals surface area contributed by atoms with Crippen LogP contribution in [0.5, 0.6) is 0 Å². The summed E-state index contributed by atoms with van der Waals surface area (Å²) < 4.78 is 11.1. The van der Waals surface area contributed by atoms with Gasteiger partial charge >= 0.3 is 0 Å². The normalized spacial score (nSPS) is 23.4. The molecular weight excluding hydrogens is 340 g/mol. The maximum atomic E-state index is 5.76. The Kier molecular flexibility index (Phi) is 8.24. The van der Waals surface area contributed by atoms with Gasteiger partial charge in [0.1, 0.15) is 0 Å². The molecular formula is C21H34N4O2. The Bertz CT molecular complexity index is 561. The van der Waals surface area contributed by atoms with E-state index >= 15 is 0 Å². The van der Waals surface area contributed by atoms with Crippen LogP contribution in [0.1, 0.15) is 25.7 Å². The molecule has 0 spiro atoms. The highest BCUT2D eigenvalue weighted by molar-refractivity contribution is 5.80. The van der Waals surface area contributed by atoms with Gasteiger partial charge in [-0.15, -0.1) is 0 Å². The number of para-hydroxylation sites is 1. The fourth-order valence-electron chi connectivity index (χ4n) is 3.70. The highest BCUT2D eigenvalue weighted by Gasteiger charge is 2.20. The number of aliphatic imine (C=N–C) groups is 1. The van der Waals surface area contributed by atoms with Crippen LogP contribution in [0.15, 0.2) is 35.3 Å². The number of guanidine groups is 1. The molecule has 2 unspecified atom stereocenters. The topological polar surface area (TPSA) is 58.1 Å². The number of anilines is 1. The zero-order chi connectivity index (χ0) is 18.7. The molecule has 3 rings (SSSR count). The van der Waals surface area contributed by atoms with Crippen LogP contribution < -0.4 is 15.5 Å². The Labute approximate surface area is 163 Å². The smallest absolute Gasteiger partial charge is 0.191 e. The summed E-state index contributed by atoms with van der Waals surface area (Å²) >= 11 is 0. The molecule has 0 aliphatic carbocycles. The molecule has 2 atom stereocenters. The molecule has 2 aliphatic rings. The van der Waals surface area contributed by atoms with Gasteiger partial charge in [-0.3, -0.25) is 4.99 Å². The second kappa shape index (κ2) is 11.1. The number of ether oxygens (including phenoxy) is 2. The van der Waals surface area contributed by atoms with Crippen molar-refractivity contribution in [2.24, 2.45) is 10.9 Å². The van der Waals surface area contributed by atoms with Crippen molar-refractivity contribution in [3.8, 4) is 0 Å². The summed E-state index contributed by atoms with van der Waals surface area (Å²) in [7, 11) is 1.84. The van der Waals surface area contributed by atoms with Gasteiger partial charge in [0.05, 0.1) is 13.2 Å². The standard InChI is InChI=1S/C21H34N4O2/c1-22-21(23-11-6-13-26-16-18-10-14-27-17-18)24-19-7-5-12-25(15-19)20-8-3-2-4-9-20/h2-4,8-9,18-19H,5-7,10-17H2,1H3,(H2,22,23,24). The molecule has 0 bridgehead atoms. The van der Waals surface area contributed by atoms with Gasteiger partial charge in [0, 0.05) is 57.5 Å². The van der Waals surface area contributed by atoms with E-state index in [4.69, 9.17) is 9.47 Å². The van der Waals surface area contributed by atoms with E-state index in [9.17, 15) is 0 Å². The van der Waals surface area contributed by atoms with Crippen molar-refractivity contribution in [2.75, 3.05) is 58.0 Å². The average Bonchev–Trinajstić information content (AvgIpc) is 3.24. The first-order valence-corrected chi connectivity index (χ1v) is 10.3. The second-order valence-electron chi connectivity index (χ2n) is 7.42. The van der Waals surface area contributed by atoms with Crippen molar-refractivity contribution in [2.45, 2.75) is 31.7 Å². The molecule has 2 N–H and O–H groups in total. The van der Waals surface area contributed by atoms with Gasteiger partial charge in [0.15, 0.2) is 5.96 Å². The van der Waals surface area contributed by atoms with E-state index in [2.05, 4.69) is 50.9 Å². The van der Waals surface area contributed by atoms with Gasteiger partial charge in [-0.2, -0.15) is 0 Å². The Balaban J connectivity index is 1.32. The maximum Gasteiger partial charge on any atom is 0.191 e. The third-order valence-electron chi connectivity index (χ3n) is 5.24. The number of nitrogens with one attached hydrogen (secondary N) is 2. The fraction of sp³-hybridized carbons (Fsp3) is 0.667. The highest BCUT2D eigenvalue weighted by Crippen LogP contribution is 2.19. The zero-order valence-corrected chi connectivity index (χ0v) is 16.5. The van der Waals surface area contributed by atoms with Gasteiger partial charge in [-0.05, 0) is 37.8 Å². The first-order valence-electron chi connectivity index (χ1n) is 10.3. The quantitative estimate of drug-likeness (QED) is 0.415. The number of hydrogen-bond acceptors (Lipinski definition) is 4. The van der Waals surface area contributed by atoms with Crippen LogP contribution in [-0.4, -0.2) is 65.1 Å². The minimum Gasteiger partial charge on any atom is -0.381 e. The van der Waals surface area contributed by atoms with E-state index in [1.165, 1.54) is 18.5 Å². The van der Waals surface area contributed by atoms with Crippen molar-refractivity contribution in [3.63, 3.8) is 0 Å². The average molecular weight is 375 g/mol. The largest absolute Gasteiger partial charge is 0.381 e. The van der Waals surface area contributed by atoms with E-state index in [1.54, 1.807) is 0 Å². The van der Waals surface area contributed by atoms with Crippen molar-refractivity contribution < 1.29 is 9.47 Å². The van der Waals surface area contributed by atoms with Crippen LogP contribution in [-0.2, 0) is 9.47 Å². The summed E-state index contributed by atoms with van der Waals surface area (Å²) in [6, 6.07) is 11.1. The van der Waals surface area contributed by atoms with E-state index < -0.39 is 0 Å². The van der Waals surface area contributed by atoms with Crippen molar-refractivity contribution >= 4 is 11.6 Å². The predicted molar refractivity (Wildman–Crippen MR) is 111 cm³/mol. The zero-order valence-electron chi connectivity index (χ0n) is 16.5. The number of benzene rings is 1. The van der Waals surface area contributed by atoms with Crippen molar-refractivity contribution in [3.05, 3.63) is 30.3 Å². The fourth-order valence-corrected chi connectivity index (χ4v) is 3.70. The minimum atomic E-state index is 0.420. The van der Waals surface area contributed by atoms with E-state index in [0.29, 0.717) is 12.0 Å². The summed E-state index contributed by atoms with van der Waals surface area (Å²) in [6.07, 6.45) is 4.49. The van der Waals surface area contributed by atoms with Crippen molar-refractivity contribution in [1.29, 1.82) is 0 Å². The molecule has 150 valence electrons. The lowest BCUT2D eigenvalue weighted by Crippen LogP contribution is -2.51. The predicted octanol–water partition coefficient (Wildman–Crippen LogP) is 2.26. The Morgan fingerprint density at radius 2 is 2.19 bits per heavy atom. The van der Waals surface area contributed by atoms with Crippen LogP contribution in [0.3, 0.4) is 0 Å². The molecule has 0 aromatic heterocycles. The van der Waals surface area contributed by atoms with Gasteiger partial charge < -0.3 is 25.0 Å². The molecule has 0 radical (unpaired) electrons. The second-order valence-corrected chi connectivity index (χ2v) is 7.42. The summed E-state index contributed by atoms with van der Waals surface area (Å²) in [5.74, 6) is 1.48. The van der Waals surface area contributed by atoms with Crippen LogP contribution >= 0.6 is 0 Å². The Morgan fingerprint density at radius 3 is 2.96 bits per heavy atom. The lowest BCUT2D eigenvalue weighted by atomic mass is 10.1. The minimum absolute atomic E-state index is 0.420. The van der Waals surface area contributed by atoms with E-state index in [-0.39, 0.29) is 0 Å². The number of rotatable bonds is 8. The Morgan fingerprint density at radius 1 is 1.30 bits per heavy atom. The van der Waals surface area contributed by atoms with Crippen LogP contribution in [0.25, 0.3) is 0 Å². The highest BCUT2D eigenvalue weighted by atomic mass is 16.5. The van der Waals surface area contributed by atoms with Crippen LogP contribution in [0.4, 0.5) is 5.69 Å². The van der Waals surface area contributed by atoms with E-state index in [0.717, 1.165) is 64.9 Å². The summed E-state index contributed by atoms with van der Waals surface area (Å²) in [4.78, 5) is 6.83. The molecule has 1 aromatic carbocycles. The summed E-state index contributed by atoms with van der Waals surface area (Å²) in [5, 5.41) is 7.00. The van der Waals surface area contributed by atoms with E-state index in [1.807, 2.05) is 7.05 Å².